The normalized spacial score (nSPS) is 14.1. The SMILES string of the molecule is CC(F)(Cc1ccc2ccccc2c1)c1ccccn1. The lowest BCUT2D eigenvalue weighted by molar-refractivity contribution is 0.185. The molecule has 0 N–H and O–H groups in total. The van der Waals surface area contributed by atoms with Gasteiger partial charge in [0.1, 0.15) is 0 Å². The van der Waals surface area contributed by atoms with Crippen molar-refractivity contribution in [3.63, 3.8) is 0 Å². The Bertz CT molecular complexity index is 720. The van der Waals surface area contributed by atoms with Crippen LogP contribution in [0.5, 0.6) is 0 Å². The van der Waals surface area contributed by atoms with Crippen molar-refractivity contribution in [2.24, 2.45) is 0 Å². The van der Waals surface area contributed by atoms with Crippen LogP contribution in [0.1, 0.15) is 18.2 Å². The topological polar surface area (TPSA) is 12.9 Å². The quantitative estimate of drug-likeness (QED) is 0.671. The summed E-state index contributed by atoms with van der Waals surface area (Å²) < 4.78 is 14.8. The van der Waals surface area contributed by atoms with Crippen molar-refractivity contribution >= 4 is 10.8 Å². The molecule has 0 bridgehead atoms. The van der Waals surface area contributed by atoms with Crippen molar-refractivity contribution in [3.05, 3.63) is 78.1 Å². The molecule has 0 radical (unpaired) electrons. The van der Waals surface area contributed by atoms with Crippen molar-refractivity contribution < 1.29 is 4.39 Å². The van der Waals surface area contributed by atoms with E-state index in [-0.39, 0.29) is 0 Å². The lowest BCUT2D eigenvalue weighted by atomic mass is 9.93. The van der Waals surface area contributed by atoms with E-state index >= 15 is 0 Å². The maximum Gasteiger partial charge on any atom is 0.153 e. The number of hydrogen-bond donors (Lipinski definition) is 0. The van der Waals surface area contributed by atoms with E-state index in [0.29, 0.717) is 12.1 Å². The molecule has 1 aromatic heterocycles. The standard InChI is InChI=1S/C18H16FN/c1-18(19,17-8-4-5-11-20-17)13-14-9-10-15-6-2-3-7-16(15)12-14/h2-12H,13H2,1H3. The molecule has 0 fully saturated rings. The summed E-state index contributed by atoms with van der Waals surface area (Å²) in [6, 6.07) is 19.6. The van der Waals surface area contributed by atoms with Gasteiger partial charge in [-0.2, -0.15) is 0 Å². The van der Waals surface area contributed by atoms with Crippen molar-refractivity contribution in [1.29, 1.82) is 0 Å². The highest BCUT2D eigenvalue weighted by molar-refractivity contribution is 5.83. The molecular formula is C18H16FN. The Balaban J connectivity index is 1.92. The minimum atomic E-state index is -1.45. The van der Waals surface area contributed by atoms with E-state index in [1.807, 2.05) is 30.3 Å². The number of pyridine rings is 1. The third-order valence-corrected chi connectivity index (χ3v) is 3.55. The first-order chi connectivity index (χ1) is 9.65. The Kier molecular flexibility index (Phi) is 3.23. The predicted molar refractivity (Wildman–Crippen MR) is 80.3 cm³/mol. The maximum absolute atomic E-state index is 14.8. The molecule has 1 unspecified atom stereocenters. The lowest BCUT2D eigenvalue weighted by Gasteiger charge is -2.20. The Morgan fingerprint density at radius 1 is 0.950 bits per heavy atom. The van der Waals surface area contributed by atoms with Gasteiger partial charge in [0, 0.05) is 12.6 Å². The smallest absolute Gasteiger partial charge is 0.153 e. The first kappa shape index (κ1) is 12.8. The van der Waals surface area contributed by atoms with E-state index < -0.39 is 5.67 Å². The average Bonchev–Trinajstić information content (AvgIpc) is 2.48. The average molecular weight is 265 g/mol. The minimum absolute atomic E-state index is 0.328. The summed E-state index contributed by atoms with van der Waals surface area (Å²) in [5, 5.41) is 2.32. The summed E-state index contributed by atoms with van der Waals surface area (Å²) in [4.78, 5) is 4.13. The van der Waals surface area contributed by atoms with Crippen molar-refractivity contribution in [3.8, 4) is 0 Å². The van der Waals surface area contributed by atoms with Crippen LogP contribution in [0.3, 0.4) is 0 Å². The number of nitrogens with zero attached hydrogens (tertiary/aromatic N) is 1. The highest BCUT2D eigenvalue weighted by atomic mass is 19.1. The predicted octanol–water partition coefficient (Wildman–Crippen LogP) is 4.66. The lowest BCUT2D eigenvalue weighted by Crippen LogP contribution is -2.20. The number of hydrogen-bond acceptors (Lipinski definition) is 1. The van der Waals surface area contributed by atoms with Gasteiger partial charge in [0.15, 0.2) is 5.67 Å². The second-order valence-corrected chi connectivity index (χ2v) is 5.27. The van der Waals surface area contributed by atoms with Crippen molar-refractivity contribution in [2.75, 3.05) is 0 Å². The minimum Gasteiger partial charge on any atom is -0.258 e. The Hall–Kier alpha value is -2.22. The van der Waals surface area contributed by atoms with Gasteiger partial charge in [-0.25, -0.2) is 4.39 Å². The van der Waals surface area contributed by atoms with Gasteiger partial charge in [0.25, 0.3) is 0 Å². The van der Waals surface area contributed by atoms with Crippen molar-refractivity contribution in [2.45, 2.75) is 19.0 Å². The Labute approximate surface area is 118 Å². The second-order valence-electron chi connectivity index (χ2n) is 5.27. The first-order valence-corrected chi connectivity index (χ1v) is 6.73. The zero-order valence-corrected chi connectivity index (χ0v) is 11.4. The van der Waals surface area contributed by atoms with Gasteiger partial charge in [0.2, 0.25) is 0 Å². The van der Waals surface area contributed by atoms with E-state index in [1.54, 1.807) is 25.3 Å². The molecule has 3 rings (SSSR count). The molecule has 0 aliphatic heterocycles. The molecule has 0 amide bonds. The fourth-order valence-electron chi connectivity index (χ4n) is 2.49. The van der Waals surface area contributed by atoms with Gasteiger partial charge in [-0.05, 0) is 35.4 Å². The number of aromatic nitrogens is 1. The van der Waals surface area contributed by atoms with Crippen molar-refractivity contribution in [1.82, 2.24) is 4.98 Å². The zero-order chi connectivity index (χ0) is 14.0. The molecule has 1 atom stereocenters. The maximum atomic E-state index is 14.8. The van der Waals surface area contributed by atoms with E-state index in [4.69, 9.17) is 0 Å². The molecule has 2 aromatic carbocycles. The van der Waals surface area contributed by atoms with Crippen LogP contribution in [-0.2, 0) is 12.1 Å². The number of fused-ring (bicyclic) bond motifs is 1. The fourth-order valence-corrected chi connectivity index (χ4v) is 2.49. The molecule has 0 spiro atoms. The van der Waals surface area contributed by atoms with Gasteiger partial charge in [0.05, 0.1) is 5.69 Å². The highest BCUT2D eigenvalue weighted by Crippen LogP contribution is 2.29. The summed E-state index contributed by atoms with van der Waals surface area (Å²) in [7, 11) is 0. The molecule has 0 saturated carbocycles. The van der Waals surface area contributed by atoms with Crippen LogP contribution in [0, 0.1) is 0 Å². The highest BCUT2D eigenvalue weighted by Gasteiger charge is 2.27. The zero-order valence-electron chi connectivity index (χ0n) is 11.4. The van der Waals surface area contributed by atoms with Gasteiger partial charge in [-0.15, -0.1) is 0 Å². The van der Waals surface area contributed by atoms with Gasteiger partial charge in [-0.1, -0.05) is 48.5 Å². The third-order valence-electron chi connectivity index (χ3n) is 3.55. The summed E-state index contributed by atoms with van der Waals surface area (Å²) in [6.07, 6.45) is 1.96. The Morgan fingerprint density at radius 2 is 1.70 bits per heavy atom. The molecule has 0 aliphatic rings. The van der Waals surface area contributed by atoms with Crippen LogP contribution in [0.15, 0.2) is 66.9 Å². The van der Waals surface area contributed by atoms with E-state index in [9.17, 15) is 4.39 Å². The summed E-state index contributed by atoms with van der Waals surface area (Å²) in [5.74, 6) is 0. The molecular weight excluding hydrogens is 249 g/mol. The molecule has 1 heterocycles. The molecule has 1 nitrogen and oxygen atoms in total. The van der Waals surface area contributed by atoms with Crippen LogP contribution < -0.4 is 0 Å². The van der Waals surface area contributed by atoms with E-state index in [1.165, 1.54) is 5.39 Å². The molecule has 0 aliphatic carbocycles. The molecule has 2 heteroatoms. The summed E-state index contributed by atoms with van der Waals surface area (Å²) in [6.45, 7) is 1.59. The molecule has 3 aromatic rings. The van der Waals surface area contributed by atoms with Gasteiger partial charge >= 0.3 is 0 Å². The van der Waals surface area contributed by atoms with Gasteiger partial charge < -0.3 is 0 Å². The monoisotopic (exact) mass is 265 g/mol. The molecule has 0 saturated heterocycles. The molecule has 100 valence electrons. The third kappa shape index (κ3) is 2.55. The molecule has 20 heavy (non-hydrogen) atoms. The van der Waals surface area contributed by atoms with Crippen LogP contribution in [0.25, 0.3) is 10.8 Å². The number of halogens is 1. The Morgan fingerprint density at radius 3 is 2.45 bits per heavy atom. The summed E-state index contributed by atoms with van der Waals surface area (Å²) in [5.41, 5.74) is 0.0106. The number of rotatable bonds is 3. The number of alkyl halides is 1. The summed E-state index contributed by atoms with van der Waals surface area (Å²) >= 11 is 0. The first-order valence-electron chi connectivity index (χ1n) is 6.73. The largest absolute Gasteiger partial charge is 0.258 e. The van der Waals surface area contributed by atoms with Crippen LogP contribution in [0.4, 0.5) is 4.39 Å². The fraction of sp³-hybridized carbons (Fsp3) is 0.167. The van der Waals surface area contributed by atoms with Crippen LogP contribution in [-0.4, -0.2) is 4.98 Å². The number of benzene rings is 2. The second kappa shape index (κ2) is 5.04. The van der Waals surface area contributed by atoms with Crippen LogP contribution in [0.2, 0.25) is 0 Å². The van der Waals surface area contributed by atoms with E-state index in [0.717, 1.165) is 10.9 Å². The van der Waals surface area contributed by atoms with Crippen LogP contribution >= 0.6 is 0 Å². The van der Waals surface area contributed by atoms with Gasteiger partial charge in [-0.3, -0.25) is 4.98 Å². The van der Waals surface area contributed by atoms with E-state index in [2.05, 4.69) is 23.2 Å².